The number of aromatic nitrogens is 2. The van der Waals surface area contributed by atoms with Gasteiger partial charge < -0.3 is 11.1 Å². The van der Waals surface area contributed by atoms with Crippen molar-refractivity contribution in [2.24, 2.45) is 5.73 Å². The van der Waals surface area contributed by atoms with Crippen molar-refractivity contribution in [3.05, 3.63) is 43.0 Å². The summed E-state index contributed by atoms with van der Waals surface area (Å²) in [6, 6.07) is 7.98. The normalized spacial score (nSPS) is 12.5. The lowest BCUT2D eigenvalue weighted by Gasteiger charge is -2.12. The first-order valence-corrected chi connectivity index (χ1v) is 9.77. The van der Waals surface area contributed by atoms with Gasteiger partial charge in [0.05, 0.1) is 9.30 Å². The number of carbonyl (C=O) groups is 1. The van der Waals surface area contributed by atoms with E-state index in [1.807, 2.05) is 31.2 Å². The van der Waals surface area contributed by atoms with Gasteiger partial charge in [-0.1, -0.05) is 0 Å². The minimum atomic E-state index is -0.0963. The summed E-state index contributed by atoms with van der Waals surface area (Å²) in [6.45, 7) is 2.42. The minimum absolute atomic E-state index is 0.0000202. The average molecular weight is 472 g/mol. The van der Waals surface area contributed by atoms with E-state index in [9.17, 15) is 4.79 Å². The standard InChI is InChI=1S/C16H16Br2N4OS/c1-8-4-10-15(11(17)5-8)21-22-16(10)20-14(23)6-9(7-19)12-2-3-13(18)24-12/h2-5,9H,6-7,19H2,1H3,(H2,20,21,22,23). The van der Waals surface area contributed by atoms with Crippen molar-refractivity contribution in [1.29, 1.82) is 0 Å². The lowest BCUT2D eigenvalue weighted by molar-refractivity contribution is -0.116. The van der Waals surface area contributed by atoms with Gasteiger partial charge in [0.25, 0.3) is 0 Å². The number of benzene rings is 1. The fourth-order valence-corrected chi connectivity index (χ4v) is 4.76. The molecule has 1 atom stereocenters. The third-order valence-electron chi connectivity index (χ3n) is 3.74. The summed E-state index contributed by atoms with van der Waals surface area (Å²) in [5.41, 5.74) is 7.81. The molecule has 0 spiro atoms. The smallest absolute Gasteiger partial charge is 0.226 e. The van der Waals surface area contributed by atoms with E-state index in [1.165, 1.54) is 0 Å². The van der Waals surface area contributed by atoms with E-state index in [2.05, 4.69) is 47.4 Å². The van der Waals surface area contributed by atoms with Crippen molar-refractivity contribution >= 4 is 65.8 Å². The Morgan fingerprint density at radius 3 is 2.88 bits per heavy atom. The number of amides is 1. The third-order valence-corrected chi connectivity index (χ3v) is 6.15. The highest BCUT2D eigenvalue weighted by atomic mass is 79.9. The molecule has 2 heterocycles. The highest BCUT2D eigenvalue weighted by molar-refractivity contribution is 9.11. The fraction of sp³-hybridized carbons (Fsp3) is 0.250. The van der Waals surface area contributed by atoms with Crippen molar-refractivity contribution in [2.75, 3.05) is 11.9 Å². The Hall–Kier alpha value is -1.22. The number of nitrogens with zero attached hydrogens (tertiary/aromatic N) is 1. The number of rotatable bonds is 5. The van der Waals surface area contributed by atoms with Crippen LogP contribution in [-0.2, 0) is 4.79 Å². The Morgan fingerprint density at radius 1 is 1.42 bits per heavy atom. The maximum Gasteiger partial charge on any atom is 0.226 e. The van der Waals surface area contributed by atoms with Gasteiger partial charge in [0, 0.05) is 33.6 Å². The van der Waals surface area contributed by atoms with Crippen molar-refractivity contribution in [2.45, 2.75) is 19.3 Å². The van der Waals surface area contributed by atoms with E-state index in [-0.39, 0.29) is 11.8 Å². The molecule has 126 valence electrons. The number of H-pyrrole nitrogens is 1. The zero-order valence-corrected chi connectivity index (χ0v) is 16.9. The summed E-state index contributed by atoms with van der Waals surface area (Å²) in [5, 5.41) is 11.0. The van der Waals surface area contributed by atoms with E-state index >= 15 is 0 Å². The summed E-state index contributed by atoms with van der Waals surface area (Å²) >= 11 is 8.56. The summed E-state index contributed by atoms with van der Waals surface area (Å²) in [4.78, 5) is 13.5. The van der Waals surface area contributed by atoms with Gasteiger partial charge in [-0.15, -0.1) is 11.3 Å². The minimum Gasteiger partial charge on any atom is -0.330 e. The second kappa shape index (κ2) is 7.35. The second-order valence-electron chi connectivity index (χ2n) is 5.57. The van der Waals surface area contributed by atoms with Crippen molar-refractivity contribution < 1.29 is 4.79 Å². The number of nitrogens with one attached hydrogen (secondary N) is 2. The van der Waals surface area contributed by atoms with Crippen molar-refractivity contribution in [3.63, 3.8) is 0 Å². The summed E-state index contributed by atoms with van der Waals surface area (Å²) in [7, 11) is 0. The quantitative estimate of drug-likeness (QED) is 0.511. The Kier molecular flexibility index (Phi) is 5.39. The van der Waals surface area contributed by atoms with Gasteiger partial charge in [0.2, 0.25) is 5.91 Å². The van der Waals surface area contributed by atoms with Gasteiger partial charge in [-0.2, -0.15) is 5.10 Å². The maximum atomic E-state index is 12.4. The van der Waals surface area contributed by atoms with Crippen LogP contribution in [0.25, 0.3) is 10.9 Å². The van der Waals surface area contributed by atoms with Crippen LogP contribution in [0.2, 0.25) is 0 Å². The molecule has 24 heavy (non-hydrogen) atoms. The van der Waals surface area contributed by atoms with Gasteiger partial charge in [-0.3, -0.25) is 9.89 Å². The first-order chi connectivity index (χ1) is 11.5. The molecule has 1 aromatic carbocycles. The van der Waals surface area contributed by atoms with Crippen molar-refractivity contribution in [3.8, 4) is 0 Å². The molecule has 0 fully saturated rings. The number of hydrogen-bond donors (Lipinski definition) is 3. The summed E-state index contributed by atoms with van der Waals surface area (Å²) < 4.78 is 1.96. The number of carbonyl (C=O) groups excluding carboxylic acids is 1. The Labute approximate surface area is 160 Å². The molecular weight excluding hydrogens is 456 g/mol. The molecule has 2 aromatic heterocycles. The molecule has 1 unspecified atom stereocenters. The van der Waals surface area contributed by atoms with E-state index in [0.717, 1.165) is 29.6 Å². The summed E-state index contributed by atoms with van der Waals surface area (Å²) in [5.74, 6) is 0.448. The molecule has 8 heteroatoms. The van der Waals surface area contributed by atoms with E-state index in [4.69, 9.17) is 5.73 Å². The van der Waals surface area contributed by atoms with Gasteiger partial charge >= 0.3 is 0 Å². The predicted molar refractivity (Wildman–Crippen MR) is 106 cm³/mol. The molecule has 0 saturated heterocycles. The number of halogens is 2. The number of thiophene rings is 1. The molecule has 0 aliphatic heterocycles. The van der Waals surface area contributed by atoms with Crippen LogP contribution in [0.1, 0.15) is 22.8 Å². The van der Waals surface area contributed by atoms with E-state index < -0.39 is 0 Å². The van der Waals surface area contributed by atoms with Crippen molar-refractivity contribution in [1.82, 2.24) is 10.2 Å². The molecule has 4 N–H and O–H groups in total. The molecule has 1 amide bonds. The van der Waals surface area contributed by atoms with Crippen LogP contribution in [0.15, 0.2) is 32.5 Å². The zero-order chi connectivity index (χ0) is 17.3. The molecule has 0 bridgehead atoms. The second-order valence-corrected chi connectivity index (χ2v) is 8.92. The van der Waals surface area contributed by atoms with Gasteiger partial charge in [0.1, 0.15) is 0 Å². The largest absolute Gasteiger partial charge is 0.330 e. The molecule has 3 aromatic rings. The highest BCUT2D eigenvalue weighted by Gasteiger charge is 2.18. The number of fused-ring (bicyclic) bond motifs is 1. The molecule has 5 nitrogen and oxygen atoms in total. The molecule has 0 radical (unpaired) electrons. The van der Waals surface area contributed by atoms with Crippen LogP contribution >= 0.6 is 43.2 Å². The molecule has 0 saturated carbocycles. The Bertz CT molecular complexity index is 889. The van der Waals surface area contributed by atoms with Gasteiger partial charge in [0.15, 0.2) is 5.82 Å². The highest BCUT2D eigenvalue weighted by Crippen LogP contribution is 2.31. The number of aromatic amines is 1. The van der Waals surface area contributed by atoms with Crippen LogP contribution in [0.5, 0.6) is 0 Å². The monoisotopic (exact) mass is 470 g/mol. The maximum absolute atomic E-state index is 12.4. The fourth-order valence-electron chi connectivity index (χ4n) is 2.56. The number of anilines is 1. The first-order valence-electron chi connectivity index (χ1n) is 7.37. The topological polar surface area (TPSA) is 83.8 Å². The van der Waals surface area contributed by atoms with Crippen LogP contribution in [0, 0.1) is 6.92 Å². The first kappa shape index (κ1) is 17.6. The number of aryl methyl sites for hydroxylation is 1. The van der Waals surface area contributed by atoms with Crippen LogP contribution in [0.4, 0.5) is 5.82 Å². The van der Waals surface area contributed by atoms with Gasteiger partial charge in [-0.05, 0) is 68.6 Å². The lowest BCUT2D eigenvalue weighted by atomic mass is 10.0. The summed E-state index contributed by atoms with van der Waals surface area (Å²) in [6.07, 6.45) is 0.324. The molecular formula is C16H16Br2N4OS. The van der Waals surface area contributed by atoms with E-state index in [1.54, 1.807) is 11.3 Å². The lowest BCUT2D eigenvalue weighted by Crippen LogP contribution is -2.20. The van der Waals surface area contributed by atoms with Crippen LogP contribution in [0.3, 0.4) is 0 Å². The third kappa shape index (κ3) is 3.72. The van der Waals surface area contributed by atoms with E-state index in [0.29, 0.717) is 18.8 Å². The Balaban J connectivity index is 1.77. The number of hydrogen-bond acceptors (Lipinski definition) is 4. The van der Waals surface area contributed by atoms with Gasteiger partial charge in [-0.25, -0.2) is 0 Å². The zero-order valence-electron chi connectivity index (χ0n) is 12.9. The molecule has 0 aliphatic carbocycles. The molecule has 0 aliphatic rings. The SMILES string of the molecule is Cc1cc(Br)c2[nH]nc(NC(=O)CC(CN)c3ccc(Br)s3)c2c1. The predicted octanol–water partition coefficient (Wildman–Crippen LogP) is 4.53. The Morgan fingerprint density at radius 2 is 2.21 bits per heavy atom. The molecule has 3 rings (SSSR count). The van der Waals surface area contributed by atoms with Crippen LogP contribution < -0.4 is 11.1 Å². The number of nitrogens with two attached hydrogens (primary N) is 1. The average Bonchev–Trinajstić information content (AvgIpc) is 3.12. The van der Waals surface area contributed by atoms with Crippen LogP contribution in [-0.4, -0.2) is 22.6 Å².